The largest absolute Gasteiger partial charge is 0.331 e. The monoisotopic (exact) mass is 434 g/mol. The topological polar surface area (TPSA) is 57.7 Å². The Morgan fingerprint density at radius 3 is 2.48 bits per heavy atom. The van der Waals surface area contributed by atoms with Crippen molar-refractivity contribution >= 4 is 31.9 Å². The lowest BCUT2D eigenvalue weighted by molar-refractivity contribution is -0.0945. The van der Waals surface area contributed by atoms with E-state index >= 15 is 0 Å². The molecule has 2 aliphatic heterocycles. The van der Waals surface area contributed by atoms with Crippen LogP contribution in [0.1, 0.15) is 35.7 Å². The normalized spacial score (nSPS) is 24.2. The van der Waals surface area contributed by atoms with Gasteiger partial charge in [-0.2, -0.15) is 4.31 Å². The zero-order valence-electron chi connectivity index (χ0n) is 13.5. The fourth-order valence-electron chi connectivity index (χ4n) is 3.55. The van der Waals surface area contributed by atoms with E-state index in [1.165, 1.54) is 6.07 Å². The molecular formula is C16H17BrF2N2O3S. The van der Waals surface area contributed by atoms with Crippen LogP contribution in [0.25, 0.3) is 0 Å². The number of amides is 1. The van der Waals surface area contributed by atoms with E-state index < -0.39 is 29.0 Å². The average Bonchev–Trinajstić information content (AvgIpc) is 3.28. The lowest BCUT2D eigenvalue weighted by Crippen LogP contribution is -2.58. The second kappa shape index (κ2) is 5.47. The fourth-order valence-corrected chi connectivity index (χ4v) is 5.95. The summed E-state index contributed by atoms with van der Waals surface area (Å²) in [5.74, 6) is -2.87. The van der Waals surface area contributed by atoms with E-state index in [0.717, 1.165) is 17.1 Å². The van der Waals surface area contributed by atoms with Crippen LogP contribution in [-0.2, 0) is 16.6 Å². The Morgan fingerprint density at radius 2 is 1.92 bits per heavy atom. The van der Waals surface area contributed by atoms with Gasteiger partial charge in [0, 0.05) is 17.1 Å². The van der Waals surface area contributed by atoms with Crippen LogP contribution in [-0.4, -0.2) is 48.6 Å². The van der Waals surface area contributed by atoms with Crippen LogP contribution in [0.4, 0.5) is 8.78 Å². The molecule has 1 aromatic carbocycles. The summed E-state index contributed by atoms with van der Waals surface area (Å²) in [6, 6.07) is 3.12. The quantitative estimate of drug-likeness (QED) is 0.731. The number of hydrogen-bond donors (Lipinski definition) is 0. The van der Waals surface area contributed by atoms with Gasteiger partial charge in [0.1, 0.15) is 0 Å². The lowest BCUT2D eigenvalue weighted by Gasteiger charge is -2.37. The van der Waals surface area contributed by atoms with Crippen molar-refractivity contribution in [1.82, 2.24) is 9.21 Å². The number of fused-ring (bicyclic) bond motifs is 1. The van der Waals surface area contributed by atoms with Gasteiger partial charge in [-0.3, -0.25) is 4.79 Å². The molecule has 1 aromatic rings. The highest BCUT2D eigenvalue weighted by Crippen LogP contribution is 2.41. The minimum Gasteiger partial charge on any atom is -0.331 e. The summed E-state index contributed by atoms with van der Waals surface area (Å²) in [4.78, 5) is 14.4. The number of rotatable bonds is 4. The molecule has 5 nitrogen and oxygen atoms in total. The van der Waals surface area contributed by atoms with Crippen molar-refractivity contribution < 1.29 is 22.0 Å². The molecular weight excluding hydrogens is 418 g/mol. The first-order valence-corrected chi connectivity index (χ1v) is 10.3. The van der Waals surface area contributed by atoms with Crippen molar-refractivity contribution in [3.05, 3.63) is 27.7 Å². The van der Waals surface area contributed by atoms with Gasteiger partial charge in [-0.1, -0.05) is 15.9 Å². The van der Waals surface area contributed by atoms with Crippen molar-refractivity contribution in [3.8, 4) is 0 Å². The highest BCUT2D eigenvalue weighted by Gasteiger charge is 2.51. The molecule has 3 aliphatic rings. The third-order valence-corrected chi connectivity index (χ3v) is 7.47. The second-order valence-corrected chi connectivity index (χ2v) is 9.90. The molecule has 25 heavy (non-hydrogen) atoms. The molecule has 0 spiro atoms. The third kappa shape index (κ3) is 2.80. The molecule has 1 saturated heterocycles. The SMILES string of the molecule is C[C@@H](C1CC1)N1Cc2cc(Br)cc(S(=O)(=O)N3CC(F)(F)C3)c2C1=O. The van der Waals surface area contributed by atoms with E-state index in [-0.39, 0.29) is 22.4 Å². The van der Waals surface area contributed by atoms with Crippen LogP contribution in [0.3, 0.4) is 0 Å². The predicted octanol–water partition coefficient (Wildman–Crippen LogP) is 2.84. The van der Waals surface area contributed by atoms with Crippen LogP contribution in [0.15, 0.2) is 21.5 Å². The highest BCUT2D eigenvalue weighted by molar-refractivity contribution is 9.10. The van der Waals surface area contributed by atoms with E-state index in [0.29, 0.717) is 22.5 Å². The molecule has 0 aromatic heterocycles. The zero-order chi connectivity index (χ0) is 18.1. The van der Waals surface area contributed by atoms with Crippen molar-refractivity contribution in [1.29, 1.82) is 0 Å². The smallest absolute Gasteiger partial charge is 0.275 e. The summed E-state index contributed by atoms with van der Waals surface area (Å²) < 4.78 is 53.1. The van der Waals surface area contributed by atoms with Gasteiger partial charge >= 0.3 is 0 Å². The van der Waals surface area contributed by atoms with Crippen LogP contribution >= 0.6 is 15.9 Å². The van der Waals surface area contributed by atoms with Gasteiger partial charge in [-0.15, -0.1) is 0 Å². The molecule has 0 bridgehead atoms. The number of sulfonamides is 1. The van der Waals surface area contributed by atoms with Crippen molar-refractivity contribution in [2.75, 3.05) is 13.1 Å². The summed E-state index contributed by atoms with van der Waals surface area (Å²) in [6.07, 6.45) is 2.14. The first-order valence-electron chi connectivity index (χ1n) is 8.11. The number of hydrogen-bond acceptors (Lipinski definition) is 3. The molecule has 2 fully saturated rings. The zero-order valence-corrected chi connectivity index (χ0v) is 15.9. The predicted molar refractivity (Wildman–Crippen MR) is 89.9 cm³/mol. The minimum atomic E-state index is -4.13. The first kappa shape index (κ1) is 17.4. The van der Waals surface area contributed by atoms with Gasteiger partial charge in [0.05, 0.1) is 23.5 Å². The number of benzene rings is 1. The number of carbonyl (C=O) groups excluding carboxylic acids is 1. The molecule has 0 radical (unpaired) electrons. The Balaban J connectivity index is 1.73. The van der Waals surface area contributed by atoms with E-state index in [2.05, 4.69) is 15.9 Å². The Bertz CT molecular complexity index is 862. The average molecular weight is 435 g/mol. The van der Waals surface area contributed by atoms with Crippen molar-refractivity contribution in [3.63, 3.8) is 0 Å². The summed E-state index contributed by atoms with van der Waals surface area (Å²) in [5.41, 5.74) is 0.753. The summed E-state index contributed by atoms with van der Waals surface area (Å²) >= 11 is 3.28. The van der Waals surface area contributed by atoms with Gasteiger partial charge in [-0.05, 0) is 43.4 Å². The van der Waals surface area contributed by atoms with Gasteiger partial charge < -0.3 is 4.90 Å². The molecule has 0 N–H and O–H groups in total. The molecule has 1 saturated carbocycles. The standard InChI is InChI=1S/C16H17BrF2N2O3S/c1-9(10-2-3-10)21-6-11-4-12(17)5-13(14(11)15(21)22)25(23,24)20-7-16(18,19)8-20/h4-5,9-10H,2-3,6-8H2,1H3/t9-/m0/s1. The van der Waals surface area contributed by atoms with Gasteiger partial charge in [-0.25, -0.2) is 17.2 Å². The molecule has 4 rings (SSSR count). The number of halogens is 3. The van der Waals surface area contributed by atoms with Crippen LogP contribution in [0.5, 0.6) is 0 Å². The maximum atomic E-state index is 13.1. The summed E-state index contributed by atoms with van der Waals surface area (Å²) in [5, 5.41) is 0. The molecule has 2 heterocycles. The molecule has 1 atom stereocenters. The molecule has 1 amide bonds. The van der Waals surface area contributed by atoms with E-state index in [1.54, 1.807) is 11.0 Å². The van der Waals surface area contributed by atoms with E-state index in [9.17, 15) is 22.0 Å². The Hall–Kier alpha value is -1.06. The Labute approximate surface area is 153 Å². The third-order valence-electron chi connectivity index (χ3n) is 5.19. The fraction of sp³-hybridized carbons (Fsp3) is 0.562. The van der Waals surface area contributed by atoms with Gasteiger partial charge in [0.2, 0.25) is 10.0 Å². The highest BCUT2D eigenvalue weighted by atomic mass is 79.9. The molecule has 0 unspecified atom stereocenters. The van der Waals surface area contributed by atoms with Gasteiger partial charge in [0.15, 0.2) is 0 Å². The Morgan fingerprint density at radius 1 is 1.28 bits per heavy atom. The second-order valence-electron chi connectivity index (χ2n) is 7.08. The van der Waals surface area contributed by atoms with Crippen LogP contribution in [0.2, 0.25) is 0 Å². The maximum Gasteiger partial charge on any atom is 0.275 e. The Kier molecular flexibility index (Phi) is 3.80. The van der Waals surface area contributed by atoms with Crippen LogP contribution < -0.4 is 0 Å². The molecule has 9 heteroatoms. The molecule has 1 aliphatic carbocycles. The van der Waals surface area contributed by atoms with Gasteiger partial charge in [0.25, 0.3) is 11.8 Å². The summed E-state index contributed by atoms with van der Waals surface area (Å²) in [6.45, 7) is 0.643. The number of alkyl halides is 2. The minimum absolute atomic E-state index is 0.0440. The maximum absolute atomic E-state index is 13.1. The number of carbonyl (C=O) groups is 1. The van der Waals surface area contributed by atoms with Crippen molar-refractivity contribution in [2.24, 2.45) is 5.92 Å². The number of nitrogens with zero attached hydrogens (tertiary/aromatic N) is 2. The van der Waals surface area contributed by atoms with E-state index in [4.69, 9.17) is 0 Å². The molecule has 136 valence electrons. The van der Waals surface area contributed by atoms with E-state index in [1.807, 2.05) is 6.92 Å². The first-order chi connectivity index (χ1) is 11.6. The van der Waals surface area contributed by atoms with Crippen LogP contribution in [0, 0.1) is 5.92 Å². The lowest BCUT2D eigenvalue weighted by atomic mass is 10.1. The van der Waals surface area contributed by atoms with Crippen molar-refractivity contribution in [2.45, 2.75) is 43.2 Å². The summed E-state index contributed by atoms with van der Waals surface area (Å²) in [7, 11) is -4.13.